The number of hydrogen-bond donors (Lipinski definition) is 1. The van der Waals surface area contributed by atoms with E-state index in [1.807, 2.05) is 4.90 Å². The standard InChI is InChI=1S/C22H29N3O/c1-5-24(6-2)21(26)15-11-18-17-9-8-10-19-20(17)16(13-23-19)12-22(18,4)25(7-3)14-15/h8-11,13,15,23H,5-7,12,14H2,1-4H3/t15-,22-/m1/s1. The smallest absolute Gasteiger partial charge is 0.230 e. The van der Waals surface area contributed by atoms with Crippen LogP contribution in [0.25, 0.3) is 16.5 Å². The fraction of sp³-hybridized carbons (Fsp3) is 0.500. The van der Waals surface area contributed by atoms with Crippen molar-refractivity contribution in [3.8, 4) is 0 Å². The molecule has 2 aromatic rings. The predicted molar refractivity (Wildman–Crippen MR) is 107 cm³/mol. The molecular weight excluding hydrogens is 322 g/mol. The molecule has 2 aliphatic rings. The summed E-state index contributed by atoms with van der Waals surface area (Å²) in [5, 5.41) is 1.34. The van der Waals surface area contributed by atoms with Crippen molar-refractivity contribution < 1.29 is 4.79 Å². The summed E-state index contributed by atoms with van der Waals surface area (Å²) in [4.78, 5) is 21.0. The van der Waals surface area contributed by atoms with Gasteiger partial charge in [0.25, 0.3) is 0 Å². The van der Waals surface area contributed by atoms with Crippen LogP contribution in [0.3, 0.4) is 0 Å². The lowest BCUT2D eigenvalue weighted by molar-refractivity contribution is -0.134. The SMILES string of the molecule is CCN(CC)C(=O)[C@@H]1C=C2c3cccc4[nH]cc(c34)C[C@@]2(C)N(CC)C1. The summed E-state index contributed by atoms with van der Waals surface area (Å²) in [6, 6.07) is 6.49. The molecular formula is C22H29N3O. The summed E-state index contributed by atoms with van der Waals surface area (Å²) in [6.45, 7) is 12.0. The van der Waals surface area contributed by atoms with Gasteiger partial charge in [0.05, 0.1) is 5.92 Å². The Morgan fingerprint density at radius 1 is 1.31 bits per heavy atom. The molecule has 0 saturated heterocycles. The molecule has 2 heterocycles. The summed E-state index contributed by atoms with van der Waals surface area (Å²) in [7, 11) is 0. The van der Waals surface area contributed by atoms with Crippen LogP contribution >= 0.6 is 0 Å². The Balaban J connectivity index is 1.87. The lowest BCUT2D eigenvalue weighted by Gasteiger charge is -2.49. The van der Waals surface area contributed by atoms with Crippen molar-refractivity contribution >= 4 is 22.4 Å². The molecule has 26 heavy (non-hydrogen) atoms. The van der Waals surface area contributed by atoms with E-state index in [2.05, 4.69) is 68.1 Å². The van der Waals surface area contributed by atoms with Gasteiger partial charge in [-0.3, -0.25) is 9.69 Å². The van der Waals surface area contributed by atoms with Gasteiger partial charge in [0.15, 0.2) is 0 Å². The number of H-pyrrole nitrogens is 1. The second-order valence-electron chi connectivity index (χ2n) is 7.73. The maximum atomic E-state index is 13.1. The Morgan fingerprint density at radius 2 is 2.08 bits per heavy atom. The van der Waals surface area contributed by atoms with Gasteiger partial charge >= 0.3 is 0 Å². The molecule has 0 fully saturated rings. The van der Waals surface area contributed by atoms with E-state index >= 15 is 0 Å². The van der Waals surface area contributed by atoms with Gasteiger partial charge in [-0.2, -0.15) is 0 Å². The maximum absolute atomic E-state index is 13.1. The van der Waals surface area contributed by atoms with Gasteiger partial charge in [-0.05, 0) is 56.5 Å². The molecule has 4 heteroatoms. The van der Waals surface area contributed by atoms with Gasteiger partial charge in [-0.1, -0.05) is 25.1 Å². The van der Waals surface area contributed by atoms with E-state index in [9.17, 15) is 4.79 Å². The van der Waals surface area contributed by atoms with E-state index in [-0.39, 0.29) is 17.4 Å². The van der Waals surface area contributed by atoms with Crippen molar-refractivity contribution in [1.82, 2.24) is 14.8 Å². The first kappa shape index (κ1) is 17.3. The lowest BCUT2D eigenvalue weighted by Crippen LogP contribution is -2.56. The third-order valence-corrected chi connectivity index (χ3v) is 6.45. The van der Waals surface area contributed by atoms with E-state index in [0.29, 0.717) is 0 Å². The first-order valence-corrected chi connectivity index (χ1v) is 9.88. The second-order valence-corrected chi connectivity index (χ2v) is 7.73. The number of carbonyl (C=O) groups excluding carboxylic acids is 1. The third kappa shape index (κ3) is 2.35. The molecule has 1 aromatic heterocycles. The predicted octanol–water partition coefficient (Wildman–Crippen LogP) is 3.69. The van der Waals surface area contributed by atoms with Crippen LogP contribution in [0.15, 0.2) is 30.5 Å². The second kappa shape index (κ2) is 6.27. The largest absolute Gasteiger partial charge is 0.361 e. The minimum Gasteiger partial charge on any atom is -0.361 e. The minimum absolute atomic E-state index is 0.0434. The molecule has 0 radical (unpaired) electrons. The highest BCUT2D eigenvalue weighted by Crippen LogP contribution is 2.47. The van der Waals surface area contributed by atoms with Crippen LogP contribution in [-0.4, -0.2) is 52.4 Å². The molecule has 0 saturated carbocycles. The van der Waals surface area contributed by atoms with Crippen molar-refractivity contribution in [1.29, 1.82) is 0 Å². The highest BCUT2D eigenvalue weighted by atomic mass is 16.2. The van der Waals surface area contributed by atoms with Gasteiger partial charge in [-0.15, -0.1) is 0 Å². The van der Waals surface area contributed by atoms with Crippen LogP contribution < -0.4 is 0 Å². The molecule has 1 aromatic carbocycles. The molecule has 4 rings (SSSR count). The van der Waals surface area contributed by atoms with Gasteiger partial charge in [0, 0.05) is 42.3 Å². The average molecular weight is 351 g/mol. The molecule has 2 atom stereocenters. The topological polar surface area (TPSA) is 39.3 Å². The van der Waals surface area contributed by atoms with E-state index in [4.69, 9.17) is 0 Å². The van der Waals surface area contributed by atoms with Crippen LogP contribution in [0, 0.1) is 5.92 Å². The first-order chi connectivity index (χ1) is 12.5. The summed E-state index contributed by atoms with van der Waals surface area (Å²) in [6.07, 6.45) is 5.44. The van der Waals surface area contributed by atoms with Gasteiger partial charge in [0.2, 0.25) is 5.91 Å². The summed E-state index contributed by atoms with van der Waals surface area (Å²) in [5.74, 6) is 0.198. The average Bonchev–Trinajstić information content (AvgIpc) is 3.05. The third-order valence-electron chi connectivity index (χ3n) is 6.45. The fourth-order valence-electron chi connectivity index (χ4n) is 5.02. The number of aromatic amines is 1. The zero-order chi connectivity index (χ0) is 18.5. The number of hydrogen-bond acceptors (Lipinski definition) is 2. The van der Waals surface area contributed by atoms with Crippen LogP contribution in [0.1, 0.15) is 38.8 Å². The molecule has 1 aliphatic heterocycles. The zero-order valence-corrected chi connectivity index (χ0v) is 16.3. The molecule has 1 amide bonds. The molecule has 138 valence electrons. The van der Waals surface area contributed by atoms with E-state index < -0.39 is 0 Å². The number of benzene rings is 1. The van der Waals surface area contributed by atoms with Crippen LogP contribution in [0.5, 0.6) is 0 Å². The number of nitrogens with zero attached hydrogens (tertiary/aromatic N) is 2. The number of rotatable bonds is 4. The van der Waals surface area contributed by atoms with E-state index in [0.717, 1.165) is 32.6 Å². The lowest BCUT2D eigenvalue weighted by atomic mass is 9.71. The highest BCUT2D eigenvalue weighted by Gasteiger charge is 2.45. The molecule has 1 aliphatic carbocycles. The summed E-state index contributed by atoms with van der Waals surface area (Å²) in [5.41, 5.74) is 5.16. The van der Waals surface area contributed by atoms with Crippen molar-refractivity contribution in [2.45, 2.75) is 39.7 Å². The Labute approximate surface area is 155 Å². The molecule has 1 N–H and O–H groups in total. The van der Waals surface area contributed by atoms with Gasteiger partial charge in [0.1, 0.15) is 0 Å². The number of likely N-dealkylation sites (N-methyl/N-ethyl adjacent to an activating group) is 1. The number of nitrogens with one attached hydrogen (secondary N) is 1. The highest BCUT2D eigenvalue weighted by molar-refractivity contribution is 6.00. The summed E-state index contributed by atoms with van der Waals surface area (Å²) >= 11 is 0. The number of carbonyl (C=O) groups is 1. The van der Waals surface area contributed by atoms with Crippen LogP contribution in [-0.2, 0) is 11.2 Å². The van der Waals surface area contributed by atoms with Crippen molar-refractivity contribution in [3.63, 3.8) is 0 Å². The van der Waals surface area contributed by atoms with Gasteiger partial charge < -0.3 is 9.88 Å². The van der Waals surface area contributed by atoms with Crippen LogP contribution in [0.2, 0.25) is 0 Å². The number of fused-ring (bicyclic) bond motifs is 2. The molecule has 0 bridgehead atoms. The van der Waals surface area contributed by atoms with Crippen molar-refractivity contribution in [3.05, 3.63) is 41.6 Å². The van der Waals surface area contributed by atoms with Crippen molar-refractivity contribution in [2.24, 2.45) is 5.92 Å². The van der Waals surface area contributed by atoms with Crippen LogP contribution in [0.4, 0.5) is 0 Å². The molecule has 0 unspecified atom stereocenters. The number of aromatic nitrogens is 1. The monoisotopic (exact) mass is 351 g/mol. The zero-order valence-electron chi connectivity index (χ0n) is 16.3. The fourth-order valence-corrected chi connectivity index (χ4v) is 5.02. The Hall–Kier alpha value is -2.07. The van der Waals surface area contributed by atoms with Crippen molar-refractivity contribution in [2.75, 3.05) is 26.2 Å². The van der Waals surface area contributed by atoms with E-state index in [1.165, 1.54) is 27.6 Å². The first-order valence-electron chi connectivity index (χ1n) is 9.88. The number of amides is 1. The van der Waals surface area contributed by atoms with Gasteiger partial charge in [-0.25, -0.2) is 0 Å². The Kier molecular flexibility index (Phi) is 4.19. The van der Waals surface area contributed by atoms with E-state index in [1.54, 1.807) is 0 Å². The summed E-state index contributed by atoms with van der Waals surface area (Å²) < 4.78 is 0. The Bertz CT molecular complexity index is 877. The molecule has 0 spiro atoms. The Morgan fingerprint density at radius 3 is 2.77 bits per heavy atom. The molecule has 4 nitrogen and oxygen atoms in total. The normalized spacial score (nSPS) is 25.1. The quantitative estimate of drug-likeness (QED) is 0.912. The maximum Gasteiger partial charge on any atom is 0.230 e. The minimum atomic E-state index is -0.0614.